The molecule has 2 aromatic carbocycles. The molecule has 0 N–H and O–H groups in total. The maximum atomic E-state index is 2.93. The predicted octanol–water partition coefficient (Wildman–Crippen LogP) is 4.12. The lowest BCUT2D eigenvalue weighted by atomic mass is 9.91. The Balaban J connectivity index is 1.96. The number of nitrogens with zero attached hydrogens (tertiary/aromatic N) is 1. The van der Waals surface area contributed by atoms with Crippen LogP contribution in [0.4, 0.5) is 11.4 Å². The largest absolute Gasteiger partial charge is 0.333 e. The summed E-state index contributed by atoms with van der Waals surface area (Å²) in [4.78, 5) is 2.46. The molecule has 0 aromatic heterocycles. The summed E-state index contributed by atoms with van der Waals surface area (Å²) in [7, 11) is 5.83. The second-order valence-electron chi connectivity index (χ2n) is 5.51. The molecule has 0 spiro atoms. The lowest BCUT2D eigenvalue weighted by Gasteiger charge is -2.30. The first-order valence-corrected chi connectivity index (χ1v) is 8.29. The molecule has 1 aliphatic carbocycles. The molecule has 2 aromatic rings. The second-order valence-corrected chi connectivity index (χ2v) is 6.79. The molecule has 0 amide bonds. The highest BCUT2D eigenvalue weighted by Gasteiger charge is 2.40. The van der Waals surface area contributed by atoms with Crippen LogP contribution in [0.1, 0.15) is 11.5 Å². The number of rotatable bonds is 1. The van der Waals surface area contributed by atoms with Crippen LogP contribution in [0.2, 0.25) is 0 Å². The Labute approximate surface area is 130 Å². The zero-order valence-electron chi connectivity index (χ0n) is 11.6. The average Bonchev–Trinajstić information content (AvgIpc) is 2.85. The van der Waals surface area contributed by atoms with E-state index in [0.29, 0.717) is 12.0 Å². The van der Waals surface area contributed by atoms with Gasteiger partial charge in [0.1, 0.15) is 0 Å². The molecule has 0 radical (unpaired) electrons. The van der Waals surface area contributed by atoms with Gasteiger partial charge in [-0.1, -0.05) is 48.6 Å². The van der Waals surface area contributed by atoms with Gasteiger partial charge in [0.2, 0.25) is 0 Å². The summed E-state index contributed by atoms with van der Waals surface area (Å²) in [5, 5.41) is 2.65. The van der Waals surface area contributed by atoms with Crippen molar-refractivity contribution in [2.24, 2.45) is 0 Å². The number of allylic oxidation sites excluding steroid dienone is 2. The van der Waals surface area contributed by atoms with Gasteiger partial charge in [0, 0.05) is 17.3 Å². The molecular weight excluding hydrogens is 292 g/mol. The maximum Gasteiger partial charge on any atom is 0.0635 e. The molecular formula is C18H17NP2. The van der Waals surface area contributed by atoms with Crippen molar-refractivity contribution in [1.82, 2.24) is 0 Å². The molecule has 3 heteroatoms. The Morgan fingerprint density at radius 2 is 1.71 bits per heavy atom. The lowest BCUT2D eigenvalue weighted by molar-refractivity contribution is 0.738. The molecule has 0 fully saturated rings. The number of hydrogen-bond donors (Lipinski definition) is 0. The smallest absolute Gasteiger partial charge is 0.0635 e. The van der Waals surface area contributed by atoms with Gasteiger partial charge in [-0.3, -0.25) is 0 Å². The Morgan fingerprint density at radius 3 is 2.52 bits per heavy atom. The zero-order chi connectivity index (χ0) is 14.4. The Hall–Kier alpha value is -1.42. The zero-order valence-corrected chi connectivity index (χ0v) is 13.9. The van der Waals surface area contributed by atoms with Crippen LogP contribution in [0.5, 0.6) is 0 Å². The van der Waals surface area contributed by atoms with Gasteiger partial charge in [-0.25, -0.2) is 0 Å². The van der Waals surface area contributed by atoms with Gasteiger partial charge < -0.3 is 4.90 Å². The van der Waals surface area contributed by atoms with E-state index < -0.39 is 0 Å². The van der Waals surface area contributed by atoms with Gasteiger partial charge >= 0.3 is 0 Å². The van der Waals surface area contributed by atoms with Crippen molar-refractivity contribution in [3.8, 4) is 0 Å². The van der Waals surface area contributed by atoms with Crippen molar-refractivity contribution in [2.45, 2.75) is 12.0 Å². The lowest BCUT2D eigenvalue weighted by Crippen LogP contribution is -2.29. The molecule has 0 bridgehead atoms. The number of anilines is 2. The summed E-state index contributed by atoms with van der Waals surface area (Å²) in [5.41, 5.74) is 4.01. The molecule has 2 aliphatic rings. The average molecular weight is 309 g/mol. The fourth-order valence-electron chi connectivity index (χ4n) is 3.44. The minimum Gasteiger partial charge on any atom is -0.333 e. The van der Waals surface area contributed by atoms with Crippen LogP contribution < -0.4 is 10.2 Å². The van der Waals surface area contributed by atoms with Gasteiger partial charge in [-0.15, -0.1) is 18.5 Å². The summed E-state index contributed by atoms with van der Waals surface area (Å²) in [5.74, 6) is 0.420. The predicted molar refractivity (Wildman–Crippen MR) is 97.8 cm³/mol. The fraction of sp³-hybridized carbons (Fsp3) is 0.111. The molecule has 21 heavy (non-hydrogen) atoms. The van der Waals surface area contributed by atoms with Crippen LogP contribution in [0.15, 0.2) is 72.1 Å². The van der Waals surface area contributed by atoms with E-state index in [1.54, 1.807) is 0 Å². The molecule has 104 valence electrons. The van der Waals surface area contributed by atoms with Gasteiger partial charge in [0.15, 0.2) is 0 Å². The van der Waals surface area contributed by atoms with Gasteiger partial charge in [0.05, 0.1) is 6.04 Å². The first-order valence-electron chi connectivity index (χ1n) is 7.14. The normalized spacial score (nSPS) is 22.8. The molecule has 4 unspecified atom stereocenters. The Morgan fingerprint density at radius 1 is 0.905 bits per heavy atom. The van der Waals surface area contributed by atoms with Crippen molar-refractivity contribution in [1.29, 1.82) is 0 Å². The van der Waals surface area contributed by atoms with Crippen molar-refractivity contribution >= 4 is 35.2 Å². The first kappa shape index (κ1) is 13.3. The van der Waals surface area contributed by atoms with Crippen molar-refractivity contribution in [3.63, 3.8) is 0 Å². The van der Waals surface area contributed by atoms with Crippen LogP contribution in [0.3, 0.4) is 0 Å². The Bertz CT molecular complexity index is 749. The summed E-state index contributed by atoms with van der Waals surface area (Å²) in [6.45, 7) is 0. The van der Waals surface area contributed by atoms with Crippen molar-refractivity contribution in [2.75, 3.05) is 4.90 Å². The first-order chi connectivity index (χ1) is 10.3. The monoisotopic (exact) mass is 309 g/mol. The highest BCUT2D eigenvalue weighted by Crippen LogP contribution is 2.50. The van der Waals surface area contributed by atoms with Gasteiger partial charge in [-0.05, 0) is 34.4 Å². The molecule has 0 saturated carbocycles. The summed E-state index contributed by atoms with van der Waals surface area (Å²) < 4.78 is 0. The number of para-hydroxylation sites is 1. The van der Waals surface area contributed by atoms with Crippen LogP contribution in [-0.4, -0.2) is 6.04 Å². The molecule has 1 aliphatic heterocycles. The third-order valence-electron chi connectivity index (χ3n) is 4.32. The molecule has 0 saturated heterocycles. The van der Waals surface area contributed by atoms with E-state index in [9.17, 15) is 0 Å². The van der Waals surface area contributed by atoms with Crippen LogP contribution in [-0.2, 0) is 0 Å². The van der Waals surface area contributed by atoms with Crippen LogP contribution in [0.25, 0.3) is 0 Å². The van der Waals surface area contributed by atoms with E-state index in [2.05, 4.69) is 90.1 Å². The summed E-state index contributed by atoms with van der Waals surface area (Å²) in [6, 6.07) is 17.6. The van der Waals surface area contributed by atoms with E-state index >= 15 is 0 Å². The highest BCUT2D eigenvalue weighted by molar-refractivity contribution is 7.27. The fourth-order valence-corrected chi connectivity index (χ4v) is 4.36. The van der Waals surface area contributed by atoms with Crippen LogP contribution in [0, 0.1) is 0 Å². The van der Waals surface area contributed by atoms with E-state index in [1.807, 2.05) is 0 Å². The molecule has 4 atom stereocenters. The summed E-state index contributed by atoms with van der Waals surface area (Å²) in [6.07, 6.45) is 6.70. The number of benzene rings is 2. The third kappa shape index (κ3) is 2.00. The number of hydrogen-bond acceptors (Lipinski definition) is 1. The second kappa shape index (κ2) is 5.09. The van der Waals surface area contributed by atoms with Gasteiger partial charge in [-0.2, -0.15) is 0 Å². The van der Waals surface area contributed by atoms with Gasteiger partial charge in [0.25, 0.3) is 0 Å². The quantitative estimate of drug-likeness (QED) is 0.716. The van der Waals surface area contributed by atoms with E-state index in [0.717, 1.165) is 0 Å². The third-order valence-corrected chi connectivity index (χ3v) is 5.37. The topological polar surface area (TPSA) is 3.24 Å². The minimum absolute atomic E-state index is 0.363. The van der Waals surface area contributed by atoms with E-state index in [1.165, 1.54) is 27.6 Å². The van der Waals surface area contributed by atoms with Crippen molar-refractivity contribution < 1.29 is 0 Å². The molecule has 1 heterocycles. The van der Waals surface area contributed by atoms with E-state index in [-0.39, 0.29) is 0 Å². The SMILES string of the molecule is PC1=CC=CC2C1c1c(P)cccc1N2c1ccccc1. The van der Waals surface area contributed by atoms with E-state index in [4.69, 9.17) is 0 Å². The molecule has 1 nitrogen and oxygen atoms in total. The summed E-state index contributed by atoms with van der Waals surface area (Å²) >= 11 is 0. The Kier molecular flexibility index (Phi) is 3.21. The van der Waals surface area contributed by atoms with Crippen molar-refractivity contribution in [3.05, 3.63) is 77.6 Å². The highest BCUT2D eigenvalue weighted by atomic mass is 31.0. The maximum absolute atomic E-state index is 2.93. The minimum atomic E-state index is 0.363. The molecule has 4 rings (SSSR count). The number of fused-ring (bicyclic) bond motifs is 3. The standard InChI is InChI=1S/C18H17NP2/c20-15-10-4-8-13-17(15)18-14(9-5-11-16(18)21)19(13)12-6-2-1-3-7-12/h1-11,13,17H,20-21H2. The van der Waals surface area contributed by atoms with Crippen LogP contribution >= 0.6 is 18.5 Å².